The van der Waals surface area contributed by atoms with Crippen molar-refractivity contribution in [2.75, 3.05) is 5.88 Å². The molecule has 0 atom stereocenters. The molecule has 3 rings (SSSR count). The maximum Gasteiger partial charge on any atom is 0.111 e. The lowest BCUT2D eigenvalue weighted by Gasteiger charge is -2.22. The number of imidazole rings is 1. The molecule has 0 amide bonds. The van der Waals surface area contributed by atoms with Crippen LogP contribution in [0.1, 0.15) is 44.3 Å². The summed E-state index contributed by atoms with van der Waals surface area (Å²) in [6.45, 7) is 1.09. The van der Waals surface area contributed by atoms with Crippen molar-refractivity contribution in [1.82, 2.24) is 9.55 Å². The summed E-state index contributed by atoms with van der Waals surface area (Å²) in [4.78, 5) is 4.74. The first-order valence-electron chi connectivity index (χ1n) is 7.88. The van der Waals surface area contributed by atoms with E-state index >= 15 is 0 Å². The Morgan fingerprint density at radius 3 is 2.75 bits per heavy atom. The molecule has 1 heterocycles. The van der Waals surface area contributed by atoms with Crippen LogP contribution in [0.4, 0.5) is 0 Å². The Balaban J connectivity index is 1.79. The van der Waals surface area contributed by atoms with Crippen molar-refractivity contribution in [1.29, 1.82) is 0 Å². The number of aromatic nitrogens is 2. The second kappa shape index (κ2) is 6.62. The average Bonchev–Trinajstić information content (AvgIpc) is 2.84. The largest absolute Gasteiger partial charge is 0.328 e. The van der Waals surface area contributed by atoms with Gasteiger partial charge < -0.3 is 4.57 Å². The van der Waals surface area contributed by atoms with Gasteiger partial charge in [0.2, 0.25) is 0 Å². The topological polar surface area (TPSA) is 17.8 Å². The number of benzene rings is 1. The van der Waals surface area contributed by atoms with Gasteiger partial charge in [-0.1, -0.05) is 44.2 Å². The van der Waals surface area contributed by atoms with Crippen LogP contribution in [0.5, 0.6) is 0 Å². The highest BCUT2D eigenvalue weighted by Crippen LogP contribution is 2.27. The fraction of sp³-hybridized carbons (Fsp3) is 0.588. The van der Waals surface area contributed by atoms with E-state index in [2.05, 4.69) is 28.8 Å². The number of fused-ring (bicyclic) bond motifs is 1. The smallest absolute Gasteiger partial charge is 0.111 e. The number of hydrogen-bond acceptors (Lipinski definition) is 1. The molecule has 0 spiro atoms. The van der Waals surface area contributed by atoms with E-state index in [0.29, 0.717) is 5.88 Å². The second-order valence-corrected chi connectivity index (χ2v) is 6.28. The lowest BCUT2D eigenvalue weighted by Crippen LogP contribution is -2.12. The Bertz CT molecular complexity index is 555. The fourth-order valence-electron chi connectivity index (χ4n) is 3.44. The molecule has 108 valence electrons. The minimum Gasteiger partial charge on any atom is -0.328 e. The van der Waals surface area contributed by atoms with Gasteiger partial charge in [0.05, 0.1) is 11.0 Å². The molecule has 0 N–H and O–H groups in total. The molecule has 1 saturated carbocycles. The number of rotatable bonds is 5. The van der Waals surface area contributed by atoms with Crippen molar-refractivity contribution in [3.05, 3.63) is 30.1 Å². The van der Waals surface area contributed by atoms with Gasteiger partial charge in [0, 0.05) is 18.8 Å². The highest BCUT2D eigenvalue weighted by molar-refractivity contribution is 6.17. The van der Waals surface area contributed by atoms with Crippen LogP contribution in [0, 0.1) is 5.92 Å². The molecule has 0 bridgehead atoms. The van der Waals surface area contributed by atoms with Gasteiger partial charge >= 0.3 is 0 Å². The monoisotopic (exact) mass is 290 g/mol. The summed E-state index contributed by atoms with van der Waals surface area (Å²) in [5, 5.41) is 0. The van der Waals surface area contributed by atoms with E-state index < -0.39 is 0 Å². The van der Waals surface area contributed by atoms with Crippen molar-refractivity contribution in [2.24, 2.45) is 5.92 Å². The maximum atomic E-state index is 5.93. The molecule has 2 aromatic rings. The standard InChI is InChI=1S/C17H23ClN2/c18-12-10-17-19-15-8-4-5-9-16(15)20(17)13-11-14-6-2-1-3-7-14/h4-5,8-9,14H,1-3,6-7,10-13H2. The van der Waals surface area contributed by atoms with Crippen molar-refractivity contribution < 1.29 is 0 Å². The van der Waals surface area contributed by atoms with Gasteiger partial charge in [-0.05, 0) is 24.5 Å². The van der Waals surface area contributed by atoms with E-state index in [1.165, 1.54) is 44.0 Å². The van der Waals surface area contributed by atoms with Gasteiger partial charge in [0.15, 0.2) is 0 Å². The number of alkyl halides is 1. The van der Waals surface area contributed by atoms with Crippen molar-refractivity contribution in [3.8, 4) is 0 Å². The molecule has 1 aliphatic carbocycles. The normalized spacial score (nSPS) is 16.9. The first-order chi connectivity index (χ1) is 9.88. The van der Waals surface area contributed by atoms with E-state index in [1.807, 2.05) is 0 Å². The predicted octanol–water partition coefficient (Wildman–Crippen LogP) is 4.79. The minimum atomic E-state index is 0.646. The Hall–Kier alpha value is -1.02. The molecule has 0 saturated heterocycles. The predicted molar refractivity (Wildman–Crippen MR) is 85.3 cm³/mol. The number of halogens is 1. The number of hydrogen-bond donors (Lipinski definition) is 0. The summed E-state index contributed by atoms with van der Waals surface area (Å²) in [7, 11) is 0. The van der Waals surface area contributed by atoms with Crippen molar-refractivity contribution in [2.45, 2.75) is 51.5 Å². The number of nitrogens with zero attached hydrogens (tertiary/aromatic N) is 2. The van der Waals surface area contributed by atoms with Crippen LogP contribution in [0.25, 0.3) is 11.0 Å². The summed E-state index contributed by atoms with van der Waals surface area (Å²) >= 11 is 5.93. The van der Waals surface area contributed by atoms with Crippen LogP contribution in [0.3, 0.4) is 0 Å². The van der Waals surface area contributed by atoms with Crippen LogP contribution < -0.4 is 0 Å². The highest BCUT2D eigenvalue weighted by atomic mass is 35.5. The molecule has 3 heteroatoms. The molecule has 1 aromatic heterocycles. The van der Waals surface area contributed by atoms with E-state index in [4.69, 9.17) is 16.6 Å². The summed E-state index contributed by atoms with van der Waals surface area (Å²) in [6.07, 6.45) is 9.25. The van der Waals surface area contributed by atoms with Gasteiger partial charge in [0.1, 0.15) is 5.82 Å². The average molecular weight is 291 g/mol. The SMILES string of the molecule is ClCCc1nc2ccccc2n1CCC1CCCCC1. The van der Waals surface area contributed by atoms with Crippen LogP contribution in [0.15, 0.2) is 24.3 Å². The van der Waals surface area contributed by atoms with Gasteiger partial charge in [-0.15, -0.1) is 11.6 Å². The zero-order valence-electron chi connectivity index (χ0n) is 12.0. The first-order valence-corrected chi connectivity index (χ1v) is 8.42. The third-order valence-electron chi connectivity index (χ3n) is 4.54. The third-order valence-corrected chi connectivity index (χ3v) is 4.73. The number of aryl methyl sites for hydroxylation is 2. The Labute approximate surface area is 126 Å². The molecule has 0 aliphatic heterocycles. The molecule has 1 aromatic carbocycles. The second-order valence-electron chi connectivity index (χ2n) is 5.90. The third kappa shape index (κ3) is 3.01. The summed E-state index contributed by atoms with van der Waals surface area (Å²) < 4.78 is 2.40. The summed E-state index contributed by atoms with van der Waals surface area (Å²) in [5.74, 6) is 2.71. The lowest BCUT2D eigenvalue weighted by atomic mass is 9.87. The van der Waals surface area contributed by atoms with Crippen LogP contribution in [-0.4, -0.2) is 15.4 Å². The molecule has 0 radical (unpaired) electrons. The molecule has 1 aliphatic rings. The van der Waals surface area contributed by atoms with E-state index in [0.717, 1.165) is 30.2 Å². The van der Waals surface area contributed by atoms with Crippen LogP contribution >= 0.6 is 11.6 Å². The zero-order valence-corrected chi connectivity index (χ0v) is 12.8. The van der Waals surface area contributed by atoms with Crippen molar-refractivity contribution in [3.63, 3.8) is 0 Å². The Kier molecular flexibility index (Phi) is 4.62. The molecular formula is C17H23ClN2. The van der Waals surface area contributed by atoms with Gasteiger partial charge in [-0.3, -0.25) is 0 Å². The molecule has 2 nitrogen and oxygen atoms in total. The van der Waals surface area contributed by atoms with Gasteiger partial charge in [0.25, 0.3) is 0 Å². The van der Waals surface area contributed by atoms with Crippen LogP contribution in [0.2, 0.25) is 0 Å². The summed E-state index contributed by atoms with van der Waals surface area (Å²) in [6, 6.07) is 8.45. The first kappa shape index (κ1) is 13.9. The van der Waals surface area contributed by atoms with E-state index in [-0.39, 0.29) is 0 Å². The molecular weight excluding hydrogens is 268 g/mol. The molecule has 0 unspecified atom stereocenters. The van der Waals surface area contributed by atoms with Gasteiger partial charge in [-0.25, -0.2) is 4.98 Å². The Morgan fingerprint density at radius 2 is 1.95 bits per heavy atom. The van der Waals surface area contributed by atoms with E-state index in [9.17, 15) is 0 Å². The minimum absolute atomic E-state index is 0.646. The van der Waals surface area contributed by atoms with E-state index in [1.54, 1.807) is 0 Å². The summed E-state index contributed by atoms with van der Waals surface area (Å²) in [5.41, 5.74) is 2.37. The molecule has 1 fully saturated rings. The number of para-hydroxylation sites is 2. The highest BCUT2D eigenvalue weighted by Gasteiger charge is 2.15. The lowest BCUT2D eigenvalue weighted by molar-refractivity contribution is 0.324. The van der Waals surface area contributed by atoms with Crippen molar-refractivity contribution >= 4 is 22.6 Å². The van der Waals surface area contributed by atoms with Crippen LogP contribution in [-0.2, 0) is 13.0 Å². The molecule has 20 heavy (non-hydrogen) atoms. The zero-order chi connectivity index (χ0) is 13.8. The van der Waals surface area contributed by atoms with Gasteiger partial charge in [-0.2, -0.15) is 0 Å². The quantitative estimate of drug-likeness (QED) is 0.724. The Morgan fingerprint density at radius 1 is 1.15 bits per heavy atom. The maximum absolute atomic E-state index is 5.93. The fourth-order valence-corrected chi connectivity index (χ4v) is 3.61.